The Morgan fingerprint density at radius 1 is 1.13 bits per heavy atom. The summed E-state index contributed by atoms with van der Waals surface area (Å²) in [6.45, 7) is 1.12. The molecular weight excluding hydrogens is 422 g/mol. The summed E-state index contributed by atoms with van der Waals surface area (Å²) < 4.78 is 42.7. The summed E-state index contributed by atoms with van der Waals surface area (Å²) in [6.07, 6.45) is 5.44. The number of benzene rings is 1. The predicted molar refractivity (Wildman–Crippen MR) is 111 cm³/mol. The SMILES string of the molecule is N#Cc1ccc(S(=O)(=O)N=S2(=O)CC3CC(CN(C(=O)C4CC5(CC5)C4)C3)C2)cc1. The van der Waals surface area contributed by atoms with E-state index in [2.05, 4.69) is 3.77 Å². The van der Waals surface area contributed by atoms with E-state index in [4.69, 9.17) is 5.26 Å². The Morgan fingerprint density at radius 2 is 1.73 bits per heavy atom. The third kappa shape index (κ3) is 3.65. The van der Waals surface area contributed by atoms with Gasteiger partial charge < -0.3 is 4.90 Å². The quantitative estimate of drug-likeness (QED) is 0.707. The molecule has 1 amide bonds. The van der Waals surface area contributed by atoms with E-state index in [1.165, 1.54) is 37.1 Å². The van der Waals surface area contributed by atoms with Crippen molar-refractivity contribution in [2.45, 2.75) is 37.0 Å². The zero-order valence-electron chi connectivity index (χ0n) is 16.7. The highest BCUT2D eigenvalue weighted by molar-refractivity contribution is 8.03. The second-order valence-electron chi connectivity index (χ2n) is 9.61. The summed E-state index contributed by atoms with van der Waals surface area (Å²) in [5.74, 6) is 0.886. The number of nitrogens with zero attached hydrogens (tertiary/aromatic N) is 3. The zero-order valence-corrected chi connectivity index (χ0v) is 18.3. The van der Waals surface area contributed by atoms with Gasteiger partial charge in [-0.2, -0.15) is 13.7 Å². The van der Waals surface area contributed by atoms with Gasteiger partial charge in [0, 0.05) is 30.5 Å². The number of hydrogen-bond donors (Lipinski definition) is 0. The zero-order chi connectivity index (χ0) is 21.1. The Balaban J connectivity index is 1.31. The first kappa shape index (κ1) is 20.0. The molecule has 30 heavy (non-hydrogen) atoms. The average Bonchev–Trinajstić information content (AvgIpc) is 3.46. The Labute approximate surface area is 177 Å². The first-order chi connectivity index (χ1) is 14.2. The van der Waals surface area contributed by atoms with E-state index < -0.39 is 19.8 Å². The Morgan fingerprint density at radius 3 is 2.27 bits per heavy atom. The van der Waals surface area contributed by atoms with Crippen LogP contribution >= 0.6 is 0 Å². The summed E-state index contributed by atoms with van der Waals surface area (Å²) in [7, 11) is -6.97. The molecule has 160 valence electrons. The molecule has 9 heteroatoms. The monoisotopic (exact) mass is 447 g/mol. The Bertz CT molecular complexity index is 1130. The standard InChI is InChI=1S/C21H25N3O4S2/c22-10-15-1-3-19(4-2-15)30(27,28)23-29(26)13-16-7-17(14-29)12-24(11-16)20(25)18-8-21(9-18)5-6-21/h1-4,16-18H,5-9,11-14H2. The fourth-order valence-corrected chi connectivity index (χ4v) is 10.4. The highest BCUT2D eigenvalue weighted by Crippen LogP contribution is 2.63. The van der Waals surface area contributed by atoms with Crippen LogP contribution < -0.4 is 0 Å². The molecule has 2 unspecified atom stereocenters. The van der Waals surface area contributed by atoms with E-state index in [1.807, 2.05) is 11.0 Å². The summed E-state index contributed by atoms with van der Waals surface area (Å²) >= 11 is 0. The second kappa shape index (κ2) is 6.79. The first-order valence-corrected chi connectivity index (χ1v) is 13.8. The molecular formula is C21H25N3O4S2. The maximum Gasteiger partial charge on any atom is 0.290 e. The summed E-state index contributed by atoms with van der Waals surface area (Å²) in [5.41, 5.74) is 0.841. The van der Waals surface area contributed by atoms with E-state index in [1.54, 1.807) is 0 Å². The highest BCUT2D eigenvalue weighted by Gasteiger charge is 2.56. The van der Waals surface area contributed by atoms with E-state index in [0.29, 0.717) is 24.1 Å². The van der Waals surface area contributed by atoms with Crippen LogP contribution in [0.15, 0.2) is 32.9 Å². The molecule has 2 aliphatic heterocycles. The van der Waals surface area contributed by atoms with Crippen LogP contribution in [-0.2, 0) is 24.5 Å². The third-order valence-electron chi connectivity index (χ3n) is 7.11. The number of carbonyl (C=O) groups is 1. The van der Waals surface area contributed by atoms with Crippen molar-refractivity contribution in [3.63, 3.8) is 0 Å². The molecule has 5 rings (SSSR count). The van der Waals surface area contributed by atoms with Crippen LogP contribution in [0.5, 0.6) is 0 Å². The van der Waals surface area contributed by atoms with Gasteiger partial charge >= 0.3 is 0 Å². The van der Waals surface area contributed by atoms with Crippen molar-refractivity contribution in [3.05, 3.63) is 29.8 Å². The predicted octanol–water partition coefficient (Wildman–Crippen LogP) is 2.38. The normalized spacial score (nSPS) is 32.2. The molecule has 4 aliphatic rings. The van der Waals surface area contributed by atoms with Gasteiger partial charge in [0.05, 0.1) is 26.3 Å². The molecule has 0 aromatic heterocycles. The number of fused-ring (bicyclic) bond motifs is 2. The number of likely N-dealkylation sites (tertiary alicyclic amines) is 1. The maximum absolute atomic E-state index is 13.4. The largest absolute Gasteiger partial charge is 0.342 e. The van der Waals surface area contributed by atoms with Gasteiger partial charge in [-0.05, 0) is 73.6 Å². The Hall–Kier alpha value is -1.92. The van der Waals surface area contributed by atoms with Crippen molar-refractivity contribution in [2.24, 2.45) is 26.9 Å². The van der Waals surface area contributed by atoms with Gasteiger partial charge in [-0.15, -0.1) is 3.77 Å². The van der Waals surface area contributed by atoms with Crippen LogP contribution in [-0.4, -0.2) is 48.0 Å². The van der Waals surface area contributed by atoms with Gasteiger partial charge in [0.25, 0.3) is 10.0 Å². The number of rotatable bonds is 3. The topological polar surface area (TPSA) is 108 Å². The van der Waals surface area contributed by atoms with Gasteiger partial charge in [-0.1, -0.05) is 0 Å². The van der Waals surface area contributed by atoms with E-state index in [9.17, 15) is 17.4 Å². The van der Waals surface area contributed by atoms with Crippen LogP contribution in [0, 0.1) is 34.5 Å². The minimum absolute atomic E-state index is 0.0313. The van der Waals surface area contributed by atoms with Crippen molar-refractivity contribution in [1.29, 1.82) is 5.26 Å². The van der Waals surface area contributed by atoms with Gasteiger partial charge in [0.1, 0.15) is 0 Å². The van der Waals surface area contributed by atoms with Gasteiger partial charge in [-0.3, -0.25) is 4.79 Å². The molecule has 1 aromatic carbocycles. The van der Waals surface area contributed by atoms with E-state index in [0.717, 1.165) is 19.3 Å². The van der Waals surface area contributed by atoms with Crippen LogP contribution in [0.3, 0.4) is 0 Å². The number of carbonyl (C=O) groups excluding carboxylic acids is 1. The molecule has 2 bridgehead atoms. The van der Waals surface area contributed by atoms with Crippen molar-refractivity contribution in [2.75, 3.05) is 24.6 Å². The van der Waals surface area contributed by atoms with E-state index in [-0.39, 0.29) is 40.1 Å². The molecule has 0 radical (unpaired) electrons. The first-order valence-electron chi connectivity index (χ1n) is 10.5. The van der Waals surface area contributed by atoms with Gasteiger partial charge in [0.2, 0.25) is 5.91 Å². The fourth-order valence-electron chi connectivity index (χ4n) is 5.53. The van der Waals surface area contributed by atoms with Crippen LogP contribution in [0.2, 0.25) is 0 Å². The maximum atomic E-state index is 13.4. The molecule has 2 atom stereocenters. The van der Waals surface area contributed by atoms with Crippen molar-refractivity contribution < 1.29 is 17.4 Å². The molecule has 1 aromatic rings. The average molecular weight is 448 g/mol. The molecule has 2 aliphatic carbocycles. The lowest BCUT2D eigenvalue weighted by Gasteiger charge is -2.45. The lowest BCUT2D eigenvalue weighted by atomic mass is 9.71. The van der Waals surface area contributed by atoms with Crippen LogP contribution in [0.4, 0.5) is 0 Å². The number of hydrogen-bond acceptors (Lipinski definition) is 5. The lowest BCUT2D eigenvalue weighted by molar-refractivity contribution is -0.143. The van der Waals surface area contributed by atoms with Crippen molar-refractivity contribution >= 4 is 25.7 Å². The summed E-state index contributed by atoms with van der Waals surface area (Å²) in [4.78, 5) is 14.8. The Kier molecular flexibility index (Phi) is 4.53. The second-order valence-corrected chi connectivity index (χ2v) is 13.8. The molecule has 0 N–H and O–H groups in total. The molecule has 7 nitrogen and oxygen atoms in total. The summed E-state index contributed by atoms with van der Waals surface area (Å²) in [6, 6.07) is 7.44. The fraction of sp³-hybridized carbons (Fsp3) is 0.619. The van der Waals surface area contributed by atoms with Crippen molar-refractivity contribution in [1.82, 2.24) is 4.90 Å². The van der Waals surface area contributed by atoms with Gasteiger partial charge in [-0.25, -0.2) is 4.21 Å². The molecule has 4 fully saturated rings. The summed E-state index contributed by atoms with van der Waals surface area (Å²) in [5, 5.41) is 8.87. The number of nitriles is 1. The molecule has 2 saturated carbocycles. The van der Waals surface area contributed by atoms with Crippen LogP contribution in [0.1, 0.15) is 37.7 Å². The minimum Gasteiger partial charge on any atom is -0.342 e. The number of piperidine rings is 1. The number of amides is 1. The smallest absolute Gasteiger partial charge is 0.290 e. The van der Waals surface area contributed by atoms with Gasteiger partial charge in [0.15, 0.2) is 0 Å². The molecule has 2 heterocycles. The highest BCUT2D eigenvalue weighted by atomic mass is 32.3. The lowest BCUT2D eigenvalue weighted by Crippen LogP contribution is -2.53. The molecule has 2 saturated heterocycles. The third-order valence-corrected chi connectivity index (χ3v) is 11.8. The minimum atomic E-state index is -4.06. The molecule has 1 spiro atoms. The van der Waals surface area contributed by atoms with E-state index >= 15 is 0 Å². The van der Waals surface area contributed by atoms with Crippen molar-refractivity contribution in [3.8, 4) is 6.07 Å². The number of sulfonamides is 1. The van der Waals surface area contributed by atoms with Crippen LogP contribution in [0.25, 0.3) is 0 Å².